The van der Waals surface area contributed by atoms with E-state index in [0.29, 0.717) is 44.4 Å². The largest absolute Gasteiger partial charge is 0.497 e. The number of halogens is 1. The van der Waals surface area contributed by atoms with Gasteiger partial charge in [-0.1, -0.05) is 30.3 Å². The molecular formula is C21H29IN4O4. The highest BCUT2D eigenvalue weighted by Crippen LogP contribution is 2.17. The lowest BCUT2D eigenvalue weighted by atomic mass is 10.2. The van der Waals surface area contributed by atoms with Crippen LogP contribution < -0.4 is 15.4 Å². The highest BCUT2D eigenvalue weighted by atomic mass is 127. The number of aliphatic imine (C=N–C) groups is 1. The van der Waals surface area contributed by atoms with Gasteiger partial charge in [-0.15, -0.1) is 24.0 Å². The smallest absolute Gasteiger partial charge is 0.274 e. The third kappa shape index (κ3) is 8.95. The van der Waals surface area contributed by atoms with Crippen molar-refractivity contribution in [2.45, 2.75) is 26.4 Å². The molecule has 0 amide bonds. The monoisotopic (exact) mass is 528 g/mol. The number of hydrogen-bond acceptors (Lipinski definition) is 5. The third-order valence-corrected chi connectivity index (χ3v) is 4.18. The molecule has 9 heteroatoms. The van der Waals surface area contributed by atoms with Gasteiger partial charge in [-0.05, 0) is 31.0 Å². The van der Waals surface area contributed by atoms with Crippen LogP contribution in [0.1, 0.15) is 24.5 Å². The molecule has 2 aromatic rings. The van der Waals surface area contributed by atoms with Crippen LogP contribution in [0.25, 0.3) is 0 Å². The summed E-state index contributed by atoms with van der Waals surface area (Å²) in [5.41, 5.74) is 1.73. The summed E-state index contributed by atoms with van der Waals surface area (Å²) in [4.78, 5) is 15.4. The van der Waals surface area contributed by atoms with Crippen LogP contribution in [0.5, 0.6) is 5.75 Å². The topological polar surface area (TPSA) is 98.0 Å². The van der Waals surface area contributed by atoms with Crippen LogP contribution >= 0.6 is 24.0 Å². The Hall–Kier alpha value is -2.40. The molecule has 0 fully saturated rings. The number of nitro benzene ring substituents is 1. The molecule has 8 nitrogen and oxygen atoms in total. The Morgan fingerprint density at radius 1 is 1.13 bits per heavy atom. The first-order valence-electron chi connectivity index (χ1n) is 9.59. The Morgan fingerprint density at radius 2 is 1.87 bits per heavy atom. The summed E-state index contributed by atoms with van der Waals surface area (Å²) in [6.45, 7) is 4.78. The van der Waals surface area contributed by atoms with Crippen LogP contribution in [0.4, 0.5) is 5.69 Å². The Balaban J connectivity index is 0.00000450. The lowest BCUT2D eigenvalue weighted by Gasteiger charge is -2.13. The summed E-state index contributed by atoms with van der Waals surface area (Å²) < 4.78 is 10.5. The van der Waals surface area contributed by atoms with E-state index in [1.54, 1.807) is 25.3 Å². The van der Waals surface area contributed by atoms with Gasteiger partial charge in [0.15, 0.2) is 5.96 Å². The summed E-state index contributed by atoms with van der Waals surface area (Å²) >= 11 is 0. The first kappa shape index (κ1) is 25.6. The van der Waals surface area contributed by atoms with E-state index in [1.165, 1.54) is 6.07 Å². The maximum atomic E-state index is 11.2. The Labute approximate surface area is 194 Å². The zero-order chi connectivity index (χ0) is 20.9. The van der Waals surface area contributed by atoms with Gasteiger partial charge in [0.05, 0.1) is 18.6 Å². The number of nitro groups is 1. The number of benzene rings is 2. The molecule has 164 valence electrons. The fourth-order valence-corrected chi connectivity index (χ4v) is 2.62. The molecule has 0 aliphatic rings. The van der Waals surface area contributed by atoms with Gasteiger partial charge < -0.3 is 20.1 Å². The SMILES string of the molecule is CCOCCCNC(=NCc1ccc(OC)cc1)NCc1ccccc1[N+](=O)[O-].I. The Morgan fingerprint density at radius 3 is 2.53 bits per heavy atom. The van der Waals surface area contributed by atoms with Crippen molar-refractivity contribution < 1.29 is 14.4 Å². The average molecular weight is 528 g/mol. The van der Waals surface area contributed by atoms with Crippen LogP contribution in [0, 0.1) is 10.1 Å². The van der Waals surface area contributed by atoms with Crippen molar-refractivity contribution >= 4 is 35.6 Å². The van der Waals surface area contributed by atoms with Gasteiger partial charge in [-0.25, -0.2) is 4.99 Å². The highest BCUT2D eigenvalue weighted by Gasteiger charge is 2.12. The van der Waals surface area contributed by atoms with Crippen molar-refractivity contribution in [1.82, 2.24) is 10.6 Å². The molecule has 0 radical (unpaired) electrons. The van der Waals surface area contributed by atoms with Crippen LogP contribution in [0.3, 0.4) is 0 Å². The molecule has 0 bridgehead atoms. The molecule has 2 rings (SSSR count). The van der Waals surface area contributed by atoms with E-state index in [0.717, 1.165) is 17.7 Å². The number of guanidine groups is 1. The molecule has 0 heterocycles. The first-order valence-corrected chi connectivity index (χ1v) is 9.59. The van der Waals surface area contributed by atoms with Crippen LogP contribution in [0.2, 0.25) is 0 Å². The minimum absolute atomic E-state index is 0. The van der Waals surface area contributed by atoms with Gasteiger partial charge in [0.25, 0.3) is 5.69 Å². The number of para-hydroxylation sites is 1. The van der Waals surface area contributed by atoms with Gasteiger partial charge in [0.1, 0.15) is 5.75 Å². The molecule has 2 aromatic carbocycles. The normalized spacial score (nSPS) is 10.8. The van der Waals surface area contributed by atoms with Gasteiger partial charge in [-0.2, -0.15) is 0 Å². The summed E-state index contributed by atoms with van der Waals surface area (Å²) in [6.07, 6.45) is 0.836. The van der Waals surface area contributed by atoms with Crippen LogP contribution in [0.15, 0.2) is 53.5 Å². The second-order valence-electron chi connectivity index (χ2n) is 6.23. The average Bonchev–Trinajstić information content (AvgIpc) is 2.75. The first-order chi connectivity index (χ1) is 14.1. The summed E-state index contributed by atoms with van der Waals surface area (Å²) in [5.74, 6) is 1.39. The molecule has 0 unspecified atom stereocenters. The zero-order valence-electron chi connectivity index (χ0n) is 17.3. The second-order valence-corrected chi connectivity index (χ2v) is 6.23. The van der Waals surface area contributed by atoms with Crippen molar-refractivity contribution in [2.24, 2.45) is 4.99 Å². The van der Waals surface area contributed by atoms with Gasteiger partial charge in [0.2, 0.25) is 0 Å². The Bertz CT molecular complexity index is 800. The molecule has 30 heavy (non-hydrogen) atoms. The molecular weight excluding hydrogens is 499 g/mol. The van der Waals surface area contributed by atoms with E-state index in [2.05, 4.69) is 15.6 Å². The number of rotatable bonds is 11. The van der Waals surface area contributed by atoms with Crippen LogP contribution in [-0.2, 0) is 17.8 Å². The van der Waals surface area contributed by atoms with Crippen molar-refractivity contribution in [1.29, 1.82) is 0 Å². The predicted molar refractivity (Wildman–Crippen MR) is 129 cm³/mol. The van der Waals surface area contributed by atoms with Crippen molar-refractivity contribution in [2.75, 3.05) is 26.9 Å². The van der Waals surface area contributed by atoms with Crippen LogP contribution in [-0.4, -0.2) is 37.8 Å². The molecule has 0 atom stereocenters. The van der Waals surface area contributed by atoms with Gasteiger partial charge in [0, 0.05) is 37.9 Å². The van der Waals surface area contributed by atoms with E-state index in [-0.39, 0.29) is 34.6 Å². The number of nitrogens with one attached hydrogen (secondary N) is 2. The van der Waals surface area contributed by atoms with Crippen molar-refractivity contribution in [3.63, 3.8) is 0 Å². The third-order valence-electron chi connectivity index (χ3n) is 4.18. The summed E-state index contributed by atoms with van der Waals surface area (Å²) in [7, 11) is 1.63. The van der Waals surface area contributed by atoms with Crippen molar-refractivity contribution in [3.05, 3.63) is 69.8 Å². The number of ether oxygens (including phenoxy) is 2. The van der Waals surface area contributed by atoms with Gasteiger partial charge >= 0.3 is 0 Å². The number of nitrogens with zero attached hydrogens (tertiary/aromatic N) is 2. The molecule has 0 aromatic heterocycles. The predicted octanol–water partition coefficient (Wildman–Crippen LogP) is 3.88. The maximum absolute atomic E-state index is 11.2. The van der Waals surface area contributed by atoms with Crippen molar-refractivity contribution in [3.8, 4) is 5.75 Å². The van der Waals surface area contributed by atoms with Gasteiger partial charge in [-0.3, -0.25) is 10.1 Å². The molecule has 0 saturated carbocycles. The molecule has 0 aliphatic heterocycles. The van der Waals surface area contributed by atoms with E-state index in [4.69, 9.17) is 9.47 Å². The highest BCUT2D eigenvalue weighted by molar-refractivity contribution is 14.0. The summed E-state index contributed by atoms with van der Waals surface area (Å²) in [6, 6.07) is 14.4. The molecule has 0 spiro atoms. The van der Waals surface area contributed by atoms with E-state index < -0.39 is 0 Å². The van der Waals surface area contributed by atoms with E-state index in [1.807, 2.05) is 31.2 Å². The second kappa shape index (κ2) is 14.6. The fraction of sp³-hybridized carbons (Fsp3) is 0.381. The zero-order valence-corrected chi connectivity index (χ0v) is 19.6. The van der Waals surface area contributed by atoms with E-state index >= 15 is 0 Å². The lowest BCUT2D eigenvalue weighted by molar-refractivity contribution is -0.385. The maximum Gasteiger partial charge on any atom is 0.274 e. The minimum Gasteiger partial charge on any atom is -0.497 e. The standard InChI is InChI=1S/C21H28N4O4.HI/c1-3-29-14-6-13-22-21(23-15-17-9-11-19(28-2)12-10-17)24-16-18-7-4-5-8-20(18)25(26)27;/h4-5,7-12H,3,6,13-16H2,1-2H3,(H2,22,23,24);1H. The minimum atomic E-state index is -0.374. The van der Waals surface area contributed by atoms with E-state index in [9.17, 15) is 10.1 Å². The molecule has 0 aliphatic carbocycles. The number of hydrogen-bond donors (Lipinski definition) is 2. The Kier molecular flexibility index (Phi) is 12.4. The quantitative estimate of drug-likeness (QED) is 0.115. The number of methoxy groups -OCH3 is 1. The lowest BCUT2D eigenvalue weighted by Crippen LogP contribution is -2.38. The summed E-state index contributed by atoms with van der Waals surface area (Å²) in [5, 5.41) is 17.6. The molecule has 2 N–H and O–H groups in total. The fourth-order valence-electron chi connectivity index (χ4n) is 2.62. The molecule has 0 saturated heterocycles.